The third-order valence-electron chi connectivity index (χ3n) is 2.97. The predicted molar refractivity (Wildman–Crippen MR) is 78.9 cm³/mol. The first-order valence-electron chi connectivity index (χ1n) is 6.46. The average Bonchev–Trinajstić information content (AvgIpc) is 2.77. The summed E-state index contributed by atoms with van der Waals surface area (Å²) in [7, 11) is 0. The molecule has 0 aliphatic heterocycles. The summed E-state index contributed by atoms with van der Waals surface area (Å²) in [5.41, 5.74) is 0.661. The quantitative estimate of drug-likeness (QED) is 0.832. The van der Waals surface area contributed by atoms with E-state index in [1.54, 1.807) is 4.90 Å². The van der Waals surface area contributed by atoms with Gasteiger partial charge in [0.1, 0.15) is 5.69 Å². The molecule has 0 aliphatic rings. The number of nitrogens with zero attached hydrogens (tertiary/aromatic N) is 3. The van der Waals surface area contributed by atoms with Gasteiger partial charge in [-0.15, -0.1) is 0 Å². The zero-order chi connectivity index (χ0) is 14.6. The van der Waals surface area contributed by atoms with Crippen molar-refractivity contribution in [3.63, 3.8) is 0 Å². The highest BCUT2D eigenvalue weighted by Gasteiger charge is 2.21. The highest BCUT2D eigenvalue weighted by molar-refractivity contribution is 9.10. The van der Waals surface area contributed by atoms with Gasteiger partial charge in [-0.2, -0.15) is 5.26 Å². The van der Waals surface area contributed by atoms with Crippen LogP contribution in [0.2, 0.25) is 0 Å². The normalized spacial score (nSPS) is 12.3. The second-order valence-corrected chi connectivity index (χ2v) is 5.83. The van der Waals surface area contributed by atoms with Gasteiger partial charge in [-0.3, -0.25) is 4.79 Å². The second-order valence-electron chi connectivity index (χ2n) is 4.92. The van der Waals surface area contributed by atoms with Crippen LogP contribution < -0.4 is 0 Å². The van der Waals surface area contributed by atoms with E-state index in [1.165, 1.54) is 0 Å². The van der Waals surface area contributed by atoms with Crippen molar-refractivity contribution in [1.82, 2.24) is 9.47 Å². The molecule has 104 valence electrons. The number of amides is 1. The van der Waals surface area contributed by atoms with Crippen molar-refractivity contribution in [2.75, 3.05) is 13.1 Å². The van der Waals surface area contributed by atoms with E-state index in [0.717, 1.165) is 4.47 Å². The summed E-state index contributed by atoms with van der Waals surface area (Å²) in [6, 6.07) is 4.22. The van der Waals surface area contributed by atoms with Gasteiger partial charge in [-0.25, -0.2) is 0 Å². The predicted octanol–water partition coefficient (Wildman–Crippen LogP) is 3.45. The number of hydrogen-bond acceptors (Lipinski definition) is 2. The molecule has 5 heteroatoms. The van der Waals surface area contributed by atoms with Crippen LogP contribution in [0.5, 0.6) is 0 Å². The third-order valence-corrected chi connectivity index (χ3v) is 3.41. The summed E-state index contributed by atoms with van der Waals surface area (Å²) in [6.07, 6.45) is 1.92. The van der Waals surface area contributed by atoms with Gasteiger partial charge in [0.15, 0.2) is 0 Å². The Bertz CT molecular complexity index is 487. The molecule has 1 amide bonds. The molecule has 1 rings (SSSR count). The van der Waals surface area contributed by atoms with E-state index in [4.69, 9.17) is 5.26 Å². The van der Waals surface area contributed by atoms with Gasteiger partial charge in [0, 0.05) is 29.8 Å². The Labute approximate surface area is 123 Å². The van der Waals surface area contributed by atoms with Gasteiger partial charge >= 0.3 is 0 Å². The van der Waals surface area contributed by atoms with Crippen LogP contribution in [0, 0.1) is 17.2 Å². The molecule has 0 saturated carbocycles. The number of carbonyl (C=O) groups is 1. The van der Waals surface area contributed by atoms with E-state index in [-0.39, 0.29) is 17.9 Å². The van der Waals surface area contributed by atoms with Crippen LogP contribution in [-0.4, -0.2) is 28.5 Å². The molecular weight excluding hydrogens is 306 g/mol. The van der Waals surface area contributed by atoms with E-state index < -0.39 is 0 Å². The Balaban J connectivity index is 3.01. The Morgan fingerprint density at radius 3 is 2.63 bits per heavy atom. The Hall–Kier alpha value is -1.28. The van der Waals surface area contributed by atoms with Crippen molar-refractivity contribution < 1.29 is 4.79 Å². The molecule has 0 saturated heterocycles. The van der Waals surface area contributed by atoms with Crippen LogP contribution in [0.25, 0.3) is 0 Å². The minimum Gasteiger partial charge on any atom is -0.340 e. The third kappa shape index (κ3) is 3.84. The molecule has 0 bridgehead atoms. The van der Waals surface area contributed by atoms with Crippen LogP contribution in [0.1, 0.15) is 44.2 Å². The minimum atomic E-state index is -0.158. The van der Waals surface area contributed by atoms with Crippen molar-refractivity contribution in [2.24, 2.45) is 5.92 Å². The SMILES string of the molecule is CCN(CC(C)C#N)C(=O)c1cc(Br)cn1C(C)C. The summed E-state index contributed by atoms with van der Waals surface area (Å²) in [5, 5.41) is 8.88. The molecule has 19 heavy (non-hydrogen) atoms. The van der Waals surface area contributed by atoms with Crippen molar-refractivity contribution in [1.29, 1.82) is 5.26 Å². The fraction of sp³-hybridized carbons (Fsp3) is 0.571. The first-order valence-corrected chi connectivity index (χ1v) is 7.26. The lowest BCUT2D eigenvalue weighted by molar-refractivity contribution is 0.0740. The lowest BCUT2D eigenvalue weighted by atomic mass is 10.2. The molecule has 4 nitrogen and oxygen atoms in total. The molecule has 1 atom stereocenters. The van der Waals surface area contributed by atoms with Gasteiger partial charge in [0.05, 0.1) is 12.0 Å². The van der Waals surface area contributed by atoms with E-state index in [1.807, 2.05) is 44.5 Å². The first-order chi connectivity index (χ1) is 8.90. The van der Waals surface area contributed by atoms with Crippen LogP contribution in [-0.2, 0) is 0 Å². The van der Waals surface area contributed by atoms with Crippen LogP contribution in [0.4, 0.5) is 0 Å². The van der Waals surface area contributed by atoms with Crippen molar-refractivity contribution in [3.05, 3.63) is 22.4 Å². The first kappa shape index (κ1) is 15.8. The summed E-state index contributed by atoms with van der Waals surface area (Å²) >= 11 is 3.41. The van der Waals surface area contributed by atoms with Gasteiger partial charge < -0.3 is 9.47 Å². The molecule has 0 aliphatic carbocycles. The number of hydrogen-bond donors (Lipinski definition) is 0. The molecule has 0 radical (unpaired) electrons. The number of nitriles is 1. The molecule has 0 aromatic carbocycles. The lowest BCUT2D eigenvalue weighted by Crippen LogP contribution is -2.35. The van der Waals surface area contributed by atoms with Crippen LogP contribution >= 0.6 is 15.9 Å². The summed E-state index contributed by atoms with van der Waals surface area (Å²) in [4.78, 5) is 14.3. The maximum atomic E-state index is 12.5. The smallest absolute Gasteiger partial charge is 0.270 e. The average molecular weight is 326 g/mol. The van der Waals surface area contributed by atoms with Gasteiger partial charge in [0.2, 0.25) is 0 Å². The summed E-state index contributed by atoms with van der Waals surface area (Å²) in [6.45, 7) is 8.90. The molecule has 1 unspecified atom stereocenters. The van der Waals surface area contributed by atoms with E-state index in [2.05, 4.69) is 22.0 Å². The second kappa shape index (κ2) is 6.76. The summed E-state index contributed by atoms with van der Waals surface area (Å²) < 4.78 is 2.85. The fourth-order valence-electron chi connectivity index (χ4n) is 1.93. The molecule has 0 N–H and O–H groups in total. The zero-order valence-electron chi connectivity index (χ0n) is 11.9. The van der Waals surface area contributed by atoms with Crippen molar-refractivity contribution >= 4 is 21.8 Å². The molecule has 0 spiro atoms. The Kier molecular flexibility index (Phi) is 5.61. The number of aromatic nitrogens is 1. The van der Waals surface area contributed by atoms with E-state index in [0.29, 0.717) is 18.8 Å². The topological polar surface area (TPSA) is 49.0 Å². The minimum absolute atomic E-state index is 0.0241. The van der Waals surface area contributed by atoms with Gasteiger partial charge in [-0.05, 0) is 49.7 Å². The van der Waals surface area contributed by atoms with Crippen LogP contribution in [0.15, 0.2) is 16.7 Å². The molecule has 1 heterocycles. The molecule has 1 aromatic rings. The molecule has 0 fully saturated rings. The van der Waals surface area contributed by atoms with Gasteiger partial charge in [0.25, 0.3) is 5.91 Å². The maximum absolute atomic E-state index is 12.5. The number of carbonyl (C=O) groups excluding carboxylic acids is 1. The van der Waals surface area contributed by atoms with E-state index >= 15 is 0 Å². The standard InChI is InChI=1S/C14H20BrN3O/c1-5-17(8-11(4)7-16)14(19)13-6-12(15)9-18(13)10(2)3/h6,9-11H,5,8H2,1-4H3. The van der Waals surface area contributed by atoms with Crippen molar-refractivity contribution in [2.45, 2.75) is 33.7 Å². The maximum Gasteiger partial charge on any atom is 0.270 e. The molecular formula is C14H20BrN3O. The van der Waals surface area contributed by atoms with Crippen LogP contribution in [0.3, 0.4) is 0 Å². The highest BCUT2D eigenvalue weighted by Crippen LogP contribution is 2.21. The highest BCUT2D eigenvalue weighted by atomic mass is 79.9. The monoisotopic (exact) mass is 325 g/mol. The lowest BCUT2D eigenvalue weighted by Gasteiger charge is -2.23. The Morgan fingerprint density at radius 2 is 2.16 bits per heavy atom. The zero-order valence-corrected chi connectivity index (χ0v) is 13.4. The van der Waals surface area contributed by atoms with E-state index in [9.17, 15) is 4.79 Å². The van der Waals surface area contributed by atoms with Gasteiger partial charge in [-0.1, -0.05) is 0 Å². The number of halogens is 1. The van der Waals surface area contributed by atoms with Crippen molar-refractivity contribution in [3.8, 4) is 6.07 Å². The Morgan fingerprint density at radius 1 is 1.53 bits per heavy atom. The fourth-order valence-corrected chi connectivity index (χ4v) is 2.37. The summed E-state index contributed by atoms with van der Waals surface area (Å²) in [5.74, 6) is -0.182. The number of rotatable bonds is 5. The molecule has 1 aromatic heterocycles. The largest absolute Gasteiger partial charge is 0.340 e.